The van der Waals surface area contributed by atoms with Gasteiger partial charge in [-0.3, -0.25) is 9.59 Å². The molecule has 2 amide bonds. The number of hydrogen-bond acceptors (Lipinski definition) is 3. The zero-order chi connectivity index (χ0) is 15.0. The van der Waals surface area contributed by atoms with Crippen LogP contribution in [0.3, 0.4) is 0 Å². The van der Waals surface area contributed by atoms with Crippen molar-refractivity contribution in [1.82, 2.24) is 9.80 Å². The number of piperazine rings is 1. The summed E-state index contributed by atoms with van der Waals surface area (Å²) < 4.78 is 0. The van der Waals surface area contributed by atoms with Gasteiger partial charge in [-0.25, -0.2) is 0 Å². The Hall–Kier alpha value is -1.75. The zero-order valence-electron chi connectivity index (χ0n) is 11.7. The summed E-state index contributed by atoms with van der Waals surface area (Å²) in [6.07, 6.45) is 2.02. The van der Waals surface area contributed by atoms with Crippen molar-refractivity contribution in [3.8, 4) is 0 Å². The van der Waals surface area contributed by atoms with Crippen molar-refractivity contribution in [3.63, 3.8) is 0 Å². The quantitative estimate of drug-likeness (QED) is 0.844. The molecule has 2 aliphatic rings. The highest BCUT2D eigenvalue weighted by Gasteiger charge is 2.35. The Morgan fingerprint density at radius 2 is 1.71 bits per heavy atom. The van der Waals surface area contributed by atoms with Crippen LogP contribution in [-0.4, -0.2) is 47.8 Å². The Balaban J connectivity index is 1.64. The summed E-state index contributed by atoms with van der Waals surface area (Å²) in [4.78, 5) is 28.1. The maximum Gasteiger partial charge on any atom is 0.256 e. The predicted molar refractivity (Wildman–Crippen MR) is 81.1 cm³/mol. The van der Waals surface area contributed by atoms with Gasteiger partial charge in [0.1, 0.15) is 0 Å². The van der Waals surface area contributed by atoms with Crippen LogP contribution in [0.4, 0.5) is 5.69 Å². The number of rotatable bonds is 2. The molecule has 3 rings (SSSR count). The maximum atomic E-state index is 12.5. The van der Waals surface area contributed by atoms with E-state index in [0.717, 1.165) is 12.8 Å². The molecule has 1 aromatic carbocycles. The molecule has 112 valence electrons. The van der Waals surface area contributed by atoms with Crippen molar-refractivity contribution in [2.45, 2.75) is 12.8 Å². The average Bonchev–Trinajstić information content (AvgIpc) is 3.33. The molecule has 0 aromatic heterocycles. The third kappa shape index (κ3) is 2.83. The summed E-state index contributed by atoms with van der Waals surface area (Å²) >= 11 is 5.95. The molecule has 2 fully saturated rings. The normalized spacial score (nSPS) is 18.7. The van der Waals surface area contributed by atoms with Crippen LogP contribution in [0.15, 0.2) is 18.2 Å². The van der Waals surface area contributed by atoms with E-state index in [1.807, 2.05) is 4.90 Å². The highest BCUT2D eigenvalue weighted by Crippen LogP contribution is 2.31. The molecule has 1 aliphatic heterocycles. The molecule has 5 nitrogen and oxygen atoms in total. The molecule has 1 saturated heterocycles. The molecule has 1 saturated carbocycles. The standard InChI is InChI=1S/C15H18ClN3O2/c16-12-3-1-2-11(13(12)17)15(21)19-8-6-18(7-9-19)14(20)10-4-5-10/h1-3,10H,4-9,17H2. The molecule has 1 aliphatic carbocycles. The van der Waals surface area contributed by atoms with Gasteiger partial charge in [0.25, 0.3) is 5.91 Å². The van der Waals surface area contributed by atoms with Crippen molar-refractivity contribution in [1.29, 1.82) is 0 Å². The maximum absolute atomic E-state index is 12.5. The van der Waals surface area contributed by atoms with E-state index < -0.39 is 0 Å². The van der Waals surface area contributed by atoms with Crippen molar-refractivity contribution in [2.75, 3.05) is 31.9 Å². The molecule has 1 heterocycles. The number of hydrogen-bond donors (Lipinski definition) is 1. The van der Waals surface area contributed by atoms with Gasteiger partial charge in [0.05, 0.1) is 16.3 Å². The fraction of sp³-hybridized carbons (Fsp3) is 0.467. The Morgan fingerprint density at radius 1 is 1.10 bits per heavy atom. The number of para-hydroxylation sites is 1. The lowest BCUT2D eigenvalue weighted by atomic mass is 10.1. The highest BCUT2D eigenvalue weighted by molar-refractivity contribution is 6.33. The van der Waals surface area contributed by atoms with Crippen LogP contribution in [0.2, 0.25) is 5.02 Å². The Bertz CT molecular complexity index is 578. The minimum absolute atomic E-state index is 0.117. The second-order valence-electron chi connectivity index (χ2n) is 5.59. The smallest absolute Gasteiger partial charge is 0.256 e. The summed E-state index contributed by atoms with van der Waals surface area (Å²) in [5.74, 6) is 0.355. The number of benzene rings is 1. The number of carbonyl (C=O) groups is 2. The molecule has 6 heteroatoms. The number of carbonyl (C=O) groups excluding carboxylic acids is 2. The Labute approximate surface area is 128 Å². The molecule has 1 aromatic rings. The van der Waals surface area contributed by atoms with E-state index in [9.17, 15) is 9.59 Å². The predicted octanol–water partition coefficient (Wildman–Crippen LogP) is 1.62. The molecule has 0 unspecified atom stereocenters. The first-order valence-electron chi connectivity index (χ1n) is 7.20. The molecule has 0 bridgehead atoms. The van der Waals surface area contributed by atoms with Crippen molar-refractivity contribution < 1.29 is 9.59 Å². The monoisotopic (exact) mass is 307 g/mol. The van der Waals surface area contributed by atoms with Crippen LogP contribution in [-0.2, 0) is 4.79 Å². The minimum atomic E-state index is -0.117. The molecule has 0 atom stereocenters. The van der Waals surface area contributed by atoms with E-state index in [2.05, 4.69) is 0 Å². The van der Waals surface area contributed by atoms with Gasteiger partial charge in [0.15, 0.2) is 0 Å². The first-order valence-corrected chi connectivity index (χ1v) is 7.58. The lowest BCUT2D eigenvalue weighted by molar-refractivity contribution is -0.134. The molecule has 0 spiro atoms. The minimum Gasteiger partial charge on any atom is -0.397 e. The lowest BCUT2D eigenvalue weighted by Crippen LogP contribution is -2.51. The van der Waals surface area contributed by atoms with Crippen LogP contribution in [0.1, 0.15) is 23.2 Å². The first kappa shape index (κ1) is 14.2. The summed E-state index contributed by atoms with van der Waals surface area (Å²) in [6.45, 7) is 2.29. The fourth-order valence-corrected chi connectivity index (χ4v) is 2.79. The zero-order valence-corrected chi connectivity index (χ0v) is 12.5. The van der Waals surface area contributed by atoms with E-state index in [-0.39, 0.29) is 17.7 Å². The summed E-state index contributed by atoms with van der Waals surface area (Å²) in [5.41, 5.74) is 6.62. The third-order valence-electron chi connectivity index (χ3n) is 4.09. The van der Waals surface area contributed by atoms with Crippen LogP contribution in [0, 0.1) is 5.92 Å². The largest absolute Gasteiger partial charge is 0.397 e. The van der Waals surface area contributed by atoms with Gasteiger partial charge in [-0.1, -0.05) is 17.7 Å². The number of halogens is 1. The molecular formula is C15H18ClN3O2. The average molecular weight is 308 g/mol. The Kier molecular flexibility index (Phi) is 3.76. The molecular weight excluding hydrogens is 290 g/mol. The number of anilines is 1. The van der Waals surface area contributed by atoms with Crippen LogP contribution in [0.5, 0.6) is 0 Å². The summed E-state index contributed by atoms with van der Waals surface area (Å²) in [6, 6.07) is 5.07. The number of amides is 2. The van der Waals surface area contributed by atoms with Gasteiger partial charge in [-0.2, -0.15) is 0 Å². The van der Waals surface area contributed by atoms with E-state index in [0.29, 0.717) is 42.5 Å². The lowest BCUT2D eigenvalue weighted by Gasteiger charge is -2.35. The second kappa shape index (κ2) is 5.56. The van der Waals surface area contributed by atoms with Crippen LogP contribution in [0.25, 0.3) is 0 Å². The van der Waals surface area contributed by atoms with E-state index in [4.69, 9.17) is 17.3 Å². The van der Waals surface area contributed by atoms with Crippen molar-refractivity contribution in [3.05, 3.63) is 28.8 Å². The van der Waals surface area contributed by atoms with Gasteiger partial charge in [0.2, 0.25) is 5.91 Å². The van der Waals surface area contributed by atoms with Crippen LogP contribution >= 0.6 is 11.6 Å². The fourth-order valence-electron chi connectivity index (χ4n) is 2.61. The van der Waals surface area contributed by atoms with Gasteiger partial charge in [0, 0.05) is 32.1 Å². The molecule has 21 heavy (non-hydrogen) atoms. The van der Waals surface area contributed by atoms with Crippen molar-refractivity contribution in [2.24, 2.45) is 5.92 Å². The molecule has 0 radical (unpaired) electrons. The third-order valence-corrected chi connectivity index (χ3v) is 4.42. The van der Waals surface area contributed by atoms with Gasteiger partial charge < -0.3 is 15.5 Å². The number of nitrogens with zero attached hydrogens (tertiary/aromatic N) is 2. The van der Waals surface area contributed by atoms with Gasteiger partial charge >= 0.3 is 0 Å². The van der Waals surface area contributed by atoms with E-state index in [1.165, 1.54) is 0 Å². The van der Waals surface area contributed by atoms with Crippen LogP contribution < -0.4 is 5.73 Å². The first-order chi connectivity index (χ1) is 10.1. The number of nitrogen functional groups attached to an aromatic ring is 1. The topological polar surface area (TPSA) is 66.6 Å². The number of nitrogens with two attached hydrogens (primary N) is 1. The summed E-state index contributed by atoms with van der Waals surface area (Å²) in [5, 5.41) is 0.392. The van der Waals surface area contributed by atoms with Gasteiger partial charge in [-0.05, 0) is 25.0 Å². The van der Waals surface area contributed by atoms with Gasteiger partial charge in [-0.15, -0.1) is 0 Å². The van der Waals surface area contributed by atoms with Crippen molar-refractivity contribution >= 4 is 29.1 Å². The highest BCUT2D eigenvalue weighted by atomic mass is 35.5. The second-order valence-corrected chi connectivity index (χ2v) is 6.00. The van der Waals surface area contributed by atoms with E-state index in [1.54, 1.807) is 23.1 Å². The molecule has 2 N–H and O–H groups in total. The SMILES string of the molecule is Nc1c(Cl)cccc1C(=O)N1CCN(C(=O)C2CC2)CC1. The summed E-state index contributed by atoms with van der Waals surface area (Å²) in [7, 11) is 0. The Morgan fingerprint density at radius 3 is 2.33 bits per heavy atom. The van der Waals surface area contributed by atoms with E-state index >= 15 is 0 Å².